The lowest BCUT2D eigenvalue weighted by atomic mass is 10.2. The highest BCUT2D eigenvalue weighted by Crippen LogP contribution is 2.40. The number of amides is 1. The molecule has 1 N–H and O–H groups in total. The van der Waals surface area contributed by atoms with Gasteiger partial charge in [0.15, 0.2) is 0 Å². The molecule has 1 aromatic rings. The molecular weight excluding hydrogens is 268 g/mol. The smallest absolute Gasteiger partial charge is 0.407 e. The maximum absolute atomic E-state index is 11.7. The van der Waals surface area contributed by atoms with Crippen molar-refractivity contribution in [1.82, 2.24) is 9.88 Å². The molecule has 0 unspecified atom stereocenters. The summed E-state index contributed by atoms with van der Waals surface area (Å²) in [6, 6.07) is 2.19. The molecule has 0 radical (unpaired) electrons. The fourth-order valence-electron chi connectivity index (χ4n) is 2.28. The van der Waals surface area contributed by atoms with Crippen molar-refractivity contribution in [3.05, 3.63) is 23.5 Å². The van der Waals surface area contributed by atoms with Gasteiger partial charge in [-0.05, 0) is 51.2 Å². The topological polar surface area (TPSA) is 52.5 Å². The molecule has 1 aliphatic carbocycles. The number of nitrogens with one attached hydrogen (secondary N) is 1. The Morgan fingerprint density at radius 1 is 1.43 bits per heavy atom. The molecule has 1 heterocycles. The van der Waals surface area contributed by atoms with Crippen molar-refractivity contribution in [3.8, 4) is 0 Å². The minimum Gasteiger partial charge on any atom is -0.444 e. The van der Waals surface area contributed by atoms with E-state index in [0.29, 0.717) is 19.1 Å². The third kappa shape index (κ3) is 5.08. The summed E-state index contributed by atoms with van der Waals surface area (Å²) in [5.41, 5.74) is 2.00. The van der Waals surface area contributed by atoms with Crippen molar-refractivity contribution in [1.29, 1.82) is 0 Å². The van der Waals surface area contributed by atoms with Gasteiger partial charge in [-0.15, -0.1) is 0 Å². The van der Waals surface area contributed by atoms with Crippen LogP contribution in [0.5, 0.6) is 0 Å². The Bertz CT molecular complexity index is 484. The number of hydrogen-bond donors (Lipinski definition) is 1. The lowest BCUT2D eigenvalue weighted by molar-refractivity contribution is 0.0523. The van der Waals surface area contributed by atoms with Crippen LogP contribution in [0.15, 0.2) is 12.3 Å². The molecule has 0 spiro atoms. The van der Waals surface area contributed by atoms with Crippen molar-refractivity contribution >= 4 is 6.09 Å². The van der Waals surface area contributed by atoms with Crippen LogP contribution in [0, 0.1) is 0 Å². The molecule has 2 rings (SSSR count). The van der Waals surface area contributed by atoms with Gasteiger partial charge in [-0.1, -0.05) is 0 Å². The van der Waals surface area contributed by atoms with Crippen molar-refractivity contribution in [2.75, 3.05) is 13.7 Å². The SMILES string of the molecule is COCCn1cc(CNC(=O)OC(C)(C)C)cc1C1CC1. The van der Waals surface area contributed by atoms with Crippen LogP contribution >= 0.6 is 0 Å². The van der Waals surface area contributed by atoms with Crippen LogP contribution in [0.4, 0.5) is 4.79 Å². The Morgan fingerprint density at radius 2 is 2.14 bits per heavy atom. The molecule has 0 aromatic carbocycles. The van der Waals surface area contributed by atoms with Crippen LogP contribution in [0.3, 0.4) is 0 Å². The molecular formula is C16H26N2O3. The Kier molecular flexibility index (Phi) is 4.93. The highest BCUT2D eigenvalue weighted by atomic mass is 16.6. The Balaban J connectivity index is 1.92. The van der Waals surface area contributed by atoms with Crippen LogP contribution in [0.25, 0.3) is 0 Å². The highest BCUT2D eigenvalue weighted by Gasteiger charge is 2.27. The van der Waals surface area contributed by atoms with Gasteiger partial charge in [-0.25, -0.2) is 4.79 Å². The zero-order valence-corrected chi connectivity index (χ0v) is 13.4. The molecule has 118 valence electrons. The van der Waals surface area contributed by atoms with Gasteiger partial charge < -0.3 is 19.4 Å². The van der Waals surface area contributed by atoms with Gasteiger partial charge in [-0.2, -0.15) is 0 Å². The van der Waals surface area contributed by atoms with Crippen molar-refractivity contribution < 1.29 is 14.3 Å². The zero-order chi connectivity index (χ0) is 15.5. The van der Waals surface area contributed by atoms with E-state index in [0.717, 1.165) is 12.1 Å². The van der Waals surface area contributed by atoms with Gasteiger partial charge in [-0.3, -0.25) is 0 Å². The van der Waals surface area contributed by atoms with E-state index in [4.69, 9.17) is 9.47 Å². The quantitative estimate of drug-likeness (QED) is 0.877. The minimum absolute atomic E-state index is 0.375. The molecule has 1 fully saturated rings. The van der Waals surface area contributed by atoms with E-state index in [1.807, 2.05) is 20.8 Å². The van der Waals surface area contributed by atoms with Crippen LogP contribution < -0.4 is 5.32 Å². The molecule has 0 atom stereocenters. The summed E-state index contributed by atoms with van der Waals surface area (Å²) in [4.78, 5) is 11.7. The molecule has 1 amide bonds. The van der Waals surface area contributed by atoms with E-state index < -0.39 is 5.60 Å². The molecule has 1 aliphatic rings. The lowest BCUT2D eigenvalue weighted by Gasteiger charge is -2.19. The third-order valence-corrected chi connectivity index (χ3v) is 3.35. The van der Waals surface area contributed by atoms with Crippen molar-refractivity contribution in [2.45, 2.75) is 58.2 Å². The van der Waals surface area contributed by atoms with Gasteiger partial charge in [0, 0.05) is 32.1 Å². The Morgan fingerprint density at radius 3 is 2.71 bits per heavy atom. The van der Waals surface area contributed by atoms with E-state index in [-0.39, 0.29) is 6.09 Å². The second kappa shape index (κ2) is 6.52. The molecule has 1 saturated carbocycles. The lowest BCUT2D eigenvalue weighted by Crippen LogP contribution is -2.32. The summed E-state index contributed by atoms with van der Waals surface area (Å²) in [6.07, 6.45) is 4.25. The standard InChI is InChI=1S/C16H26N2O3/c1-16(2,3)21-15(19)17-10-12-9-14(13-5-6-13)18(11-12)7-8-20-4/h9,11,13H,5-8,10H2,1-4H3,(H,17,19). The molecule has 21 heavy (non-hydrogen) atoms. The first-order valence-electron chi connectivity index (χ1n) is 7.54. The highest BCUT2D eigenvalue weighted by molar-refractivity contribution is 5.67. The number of alkyl carbamates (subject to hydrolysis) is 1. The second-order valence-corrected chi connectivity index (χ2v) is 6.59. The van der Waals surface area contributed by atoms with E-state index in [9.17, 15) is 4.79 Å². The van der Waals surface area contributed by atoms with Crippen LogP contribution in [-0.2, 0) is 22.6 Å². The van der Waals surface area contributed by atoms with E-state index >= 15 is 0 Å². The summed E-state index contributed by atoms with van der Waals surface area (Å²) in [5.74, 6) is 0.678. The number of nitrogens with zero attached hydrogens (tertiary/aromatic N) is 1. The molecule has 5 nitrogen and oxygen atoms in total. The summed E-state index contributed by atoms with van der Waals surface area (Å²) in [5, 5.41) is 2.81. The van der Waals surface area contributed by atoms with E-state index in [1.54, 1.807) is 7.11 Å². The maximum Gasteiger partial charge on any atom is 0.407 e. The summed E-state index contributed by atoms with van der Waals surface area (Å²) < 4.78 is 12.6. The number of aromatic nitrogens is 1. The Hall–Kier alpha value is -1.49. The monoisotopic (exact) mass is 294 g/mol. The number of carbonyl (C=O) groups excluding carboxylic acids is 1. The number of carbonyl (C=O) groups is 1. The summed E-state index contributed by atoms with van der Waals surface area (Å²) in [7, 11) is 1.71. The van der Waals surface area contributed by atoms with Crippen molar-refractivity contribution in [2.24, 2.45) is 0 Å². The maximum atomic E-state index is 11.7. The fraction of sp³-hybridized carbons (Fsp3) is 0.688. The second-order valence-electron chi connectivity index (χ2n) is 6.59. The van der Waals surface area contributed by atoms with E-state index in [2.05, 4.69) is 22.1 Å². The van der Waals surface area contributed by atoms with Gasteiger partial charge in [0.05, 0.1) is 6.61 Å². The van der Waals surface area contributed by atoms with Crippen LogP contribution in [0.2, 0.25) is 0 Å². The molecule has 0 bridgehead atoms. The summed E-state index contributed by atoms with van der Waals surface area (Å²) >= 11 is 0. The van der Waals surface area contributed by atoms with Crippen molar-refractivity contribution in [3.63, 3.8) is 0 Å². The first kappa shape index (κ1) is 15.9. The first-order chi connectivity index (χ1) is 9.89. The first-order valence-corrected chi connectivity index (χ1v) is 7.54. The molecule has 1 aromatic heterocycles. The summed E-state index contributed by atoms with van der Waals surface area (Å²) in [6.45, 7) is 7.63. The number of ether oxygens (including phenoxy) is 2. The largest absolute Gasteiger partial charge is 0.444 e. The van der Waals surface area contributed by atoms with Gasteiger partial charge in [0.1, 0.15) is 5.60 Å². The van der Waals surface area contributed by atoms with Gasteiger partial charge >= 0.3 is 6.09 Å². The normalized spacial score (nSPS) is 15.0. The molecule has 0 saturated heterocycles. The van der Waals surface area contributed by atoms with Gasteiger partial charge in [0.25, 0.3) is 0 Å². The minimum atomic E-state index is -0.465. The Labute approximate surface area is 126 Å². The predicted octanol–water partition coefficient (Wildman–Crippen LogP) is 3.04. The fourth-order valence-corrected chi connectivity index (χ4v) is 2.28. The number of methoxy groups -OCH3 is 1. The van der Waals surface area contributed by atoms with Gasteiger partial charge in [0.2, 0.25) is 0 Å². The third-order valence-electron chi connectivity index (χ3n) is 3.35. The average molecular weight is 294 g/mol. The van der Waals surface area contributed by atoms with Crippen LogP contribution in [0.1, 0.15) is 50.8 Å². The number of rotatable bonds is 6. The molecule has 0 aliphatic heterocycles. The molecule has 5 heteroatoms. The van der Waals surface area contributed by atoms with Crippen LogP contribution in [-0.4, -0.2) is 30.0 Å². The average Bonchev–Trinajstić information content (AvgIpc) is 3.13. The van der Waals surface area contributed by atoms with E-state index in [1.165, 1.54) is 18.5 Å². The number of hydrogen-bond acceptors (Lipinski definition) is 3. The predicted molar refractivity (Wildman–Crippen MR) is 81.4 cm³/mol. The zero-order valence-electron chi connectivity index (χ0n) is 13.4.